The van der Waals surface area contributed by atoms with Gasteiger partial charge < -0.3 is 8.60 Å². The van der Waals surface area contributed by atoms with Gasteiger partial charge in [0.25, 0.3) is 0 Å². The van der Waals surface area contributed by atoms with E-state index in [0.29, 0.717) is 15.4 Å². The van der Waals surface area contributed by atoms with Gasteiger partial charge in [0.2, 0.25) is 0 Å². The van der Waals surface area contributed by atoms with Crippen LogP contribution >= 0.6 is 39.1 Å². The smallest absolute Gasteiger partial charge is 0.342 e. The molecule has 0 spiro atoms. The maximum atomic E-state index is 12.5. The number of rotatable bonds is 3. The molecular weight excluding hydrogens is 455 g/mol. The largest absolute Gasteiger partial charge is 0.423 e. The summed E-state index contributed by atoms with van der Waals surface area (Å²) >= 11 is 15.2. The number of fused-ring (bicyclic) bond motifs is 1. The average Bonchev–Trinajstić information content (AvgIpc) is 2.44. The Balaban J connectivity index is 2.07. The highest BCUT2D eigenvalue weighted by Crippen LogP contribution is 2.35. The van der Waals surface area contributed by atoms with Crippen molar-refractivity contribution in [1.29, 1.82) is 0 Å². The Morgan fingerprint density at radius 1 is 1.08 bits per heavy atom. The minimum absolute atomic E-state index is 0.0312. The number of halogens is 3. The van der Waals surface area contributed by atoms with Crippen molar-refractivity contribution in [2.24, 2.45) is 0 Å². The van der Waals surface area contributed by atoms with Crippen molar-refractivity contribution in [2.45, 2.75) is 11.8 Å². The Morgan fingerprint density at radius 2 is 1.72 bits per heavy atom. The van der Waals surface area contributed by atoms with Gasteiger partial charge in [-0.15, -0.1) is 0 Å². The Morgan fingerprint density at radius 3 is 2.36 bits per heavy atom. The minimum atomic E-state index is -4.28. The molecule has 3 aromatic rings. The zero-order valence-electron chi connectivity index (χ0n) is 12.5. The van der Waals surface area contributed by atoms with Crippen LogP contribution in [0.1, 0.15) is 5.56 Å². The summed E-state index contributed by atoms with van der Waals surface area (Å²) in [5.41, 5.74) is 0.384. The van der Waals surface area contributed by atoms with Crippen molar-refractivity contribution >= 4 is 60.2 Å². The summed E-state index contributed by atoms with van der Waals surface area (Å²) in [7, 11) is -4.28. The van der Waals surface area contributed by atoms with Gasteiger partial charge in [-0.05, 0) is 36.8 Å². The lowest BCUT2D eigenvalue weighted by Crippen LogP contribution is -2.11. The summed E-state index contributed by atoms with van der Waals surface area (Å²) in [6.45, 7) is 1.75. The SMILES string of the molecule is Cc1cc(=O)oc2cc(OS(=O)(=O)c3c(Cl)cc(Br)cc3Cl)ccc12. The molecule has 0 atom stereocenters. The summed E-state index contributed by atoms with van der Waals surface area (Å²) in [6.07, 6.45) is 0. The molecule has 0 bridgehead atoms. The Hall–Kier alpha value is -1.54. The van der Waals surface area contributed by atoms with Gasteiger partial charge in [-0.1, -0.05) is 39.1 Å². The molecule has 1 aromatic heterocycles. The molecule has 0 N–H and O–H groups in total. The van der Waals surface area contributed by atoms with Crippen molar-refractivity contribution < 1.29 is 17.0 Å². The molecular formula is C16H9BrCl2O5S. The molecule has 0 radical (unpaired) electrons. The first kappa shape index (κ1) is 18.3. The predicted octanol–water partition coefficient (Wildman–Crippen LogP) is 4.94. The van der Waals surface area contributed by atoms with Gasteiger partial charge in [0.15, 0.2) is 0 Å². The van der Waals surface area contributed by atoms with E-state index in [9.17, 15) is 13.2 Å². The molecule has 0 aliphatic carbocycles. The van der Waals surface area contributed by atoms with Crippen molar-refractivity contribution in [3.63, 3.8) is 0 Å². The highest BCUT2D eigenvalue weighted by atomic mass is 79.9. The summed E-state index contributed by atoms with van der Waals surface area (Å²) in [5, 5.41) is 0.508. The standard InChI is InChI=1S/C16H9BrCl2O5S/c1-8-4-15(20)23-14-7-10(2-3-11(8)14)24-25(21,22)16-12(18)5-9(17)6-13(16)19/h2-7H,1H3. The first-order chi connectivity index (χ1) is 11.7. The van der Waals surface area contributed by atoms with Crippen LogP contribution in [0, 0.1) is 6.92 Å². The monoisotopic (exact) mass is 462 g/mol. The number of aryl methyl sites for hydroxylation is 1. The molecule has 1 heterocycles. The van der Waals surface area contributed by atoms with Crippen LogP contribution in [0.2, 0.25) is 10.0 Å². The molecule has 0 amide bonds. The van der Waals surface area contributed by atoms with Crippen molar-refractivity contribution in [3.05, 3.63) is 66.9 Å². The predicted molar refractivity (Wildman–Crippen MR) is 99.2 cm³/mol. The van der Waals surface area contributed by atoms with E-state index in [1.807, 2.05) is 0 Å². The van der Waals surface area contributed by atoms with Crippen molar-refractivity contribution in [3.8, 4) is 5.75 Å². The molecule has 0 saturated heterocycles. The summed E-state index contributed by atoms with van der Waals surface area (Å²) in [5.74, 6) is -0.0312. The van der Waals surface area contributed by atoms with Gasteiger partial charge in [0.1, 0.15) is 16.2 Å². The summed E-state index contributed by atoms with van der Waals surface area (Å²) in [4.78, 5) is 11.1. The van der Waals surface area contributed by atoms with Gasteiger partial charge in [-0.3, -0.25) is 0 Å². The maximum Gasteiger partial charge on any atom is 0.342 e. The van der Waals surface area contributed by atoms with Crippen LogP contribution in [-0.2, 0) is 10.1 Å². The fraction of sp³-hybridized carbons (Fsp3) is 0.0625. The fourth-order valence-corrected chi connectivity index (χ4v) is 5.10. The van der Waals surface area contributed by atoms with Gasteiger partial charge in [0.05, 0.1) is 10.0 Å². The van der Waals surface area contributed by atoms with E-state index in [-0.39, 0.29) is 26.3 Å². The van der Waals surface area contributed by atoms with E-state index in [1.54, 1.807) is 13.0 Å². The van der Waals surface area contributed by atoms with Crippen molar-refractivity contribution in [1.82, 2.24) is 0 Å². The van der Waals surface area contributed by atoms with Crippen LogP contribution < -0.4 is 9.81 Å². The third-order valence-electron chi connectivity index (χ3n) is 3.34. The van der Waals surface area contributed by atoms with E-state index in [2.05, 4.69) is 15.9 Å². The molecule has 2 aromatic carbocycles. The third-order valence-corrected chi connectivity index (χ3v) is 5.97. The Kier molecular flexibility index (Phi) is 4.85. The Bertz CT molecular complexity index is 1130. The summed E-state index contributed by atoms with van der Waals surface area (Å²) < 4.78 is 35.8. The zero-order chi connectivity index (χ0) is 18.4. The first-order valence-electron chi connectivity index (χ1n) is 6.81. The van der Waals surface area contributed by atoms with Crippen LogP contribution in [-0.4, -0.2) is 8.42 Å². The van der Waals surface area contributed by atoms with E-state index in [0.717, 1.165) is 0 Å². The Labute approximate surface area is 161 Å². The topological polar surface area (TPSA) is 73.6 Å². The second-order valence-electron chi connectivity index (χ2n) is 5.14. The fourth-order valence-electron chi connectivity index (χ4n) is 2.29. The highest BCUT2D eigenvalue weighted by molar-refractivity contribution is 9.10. The molecule has 0 aliphatic rings. The van der Waals surface area contributed by atoms with E-state index in [4.69, 9.17) is 31.8 Å². The highest BCUT2D eigenvalue weighted by Gasteiger charge is 2.25. The van der Waals surface area contributed by atoms with Crippen LogP contribution in [0.15, 0.2) is 55.0 Å². The number of hydrogen-bond acceptors (Lipinski definition) is 5. The molecule has 0 aliphatic heterocycles. The molecule has 25 heavy (non-hydrogen) atoms. The lowest BCUT2D eigenvalue weighted by molar-refractivity contribution is 0.485. The van der Waals surface area contributed by atoms with Crippen LogP contribution in [0.25, 0.3) is 11.0 Å². The van der Waals surface area contributed by atoms with Gasteiger partial charge in [0, 0.05) is 22.0 Å². The normalized spacial score (nSPS) is 11.7. The second kappa shape index (κ2) is 6.64. The van der Waals surface area contributed by atoms with Gasteiger partial charge in [-0.25, -0.2) is 4.79 Å². The minimum Gasteiger partial charge on any atom is -0.423 e. The van der Waals surface area contributed by atoms with Gasteiger partial charge in [-0.2, -0.15) is 8.42 Å². The van der Waals surface area contributed by atoms with Crippen LogP contribution in [0.3, 0.4) is 0 Å². The molecule has 0 fully saturated rings. The molecule has 3 rings (SSSR count). The van der Waals surface area contributed by atoms with E-state index < -0.39 is 15.7 Å². The first-order valence-corrected chi connectivity index (χ1v) is 9.76. The van der Waals surface area contributed by atoms with E-state index >= 15 is 0 Å². The number of benzene rings is 2. The van der Waals surface area contributed by atoms with Crippen LogP contribution in [0.4, 0.5) is 0 Å². The van der Waals surface area contributed by atoms with Gasteiger partial charge >= 0.3 is 15.7 Å². The summed E-state index contributed by atoms with van der Waals surface area (Å²) in [6, 6.07) is 8.51. The quantitative estimate of drug-likeness (QED) is 0.406. The lowest BCUT2D eigenvalue weighted by Gasteiger charge is -2.11. The lowest BCUT2D eigenvalue weighted by atomic mass is 10.1. The zero-order valence-corrected chi connectivity index (χ0v) is 16.5. The average molecular weight is 464 g/mol. The molecule has 0 saturated carbocycles. The number of hydrogen-bond donors (Lipinski definition) is 0. The molecule has 130 valence electrons. The maximum absolute atomic E-state index is 12.5. The van der Waals surface area contributed by atoms with Crippen LogP contribution in [0.5, 0.6) is 5.75 Å². The van der Waals surface area contributed by atoms with E-state index in [1.165, 1.54) is 30.3 Å². The van der Waals surface area contributed by atoms with Crippen molar-refractivity contribution in [2.75, 3.05) is 0 Å². The third kappa shape index (κ3) is 3.69. The molecule has 5 nitrogen and oxygen atoms in total. The molecule has 9 heteroatoms. The second-order valence-corrected chi connectivity index (χ2v) is 8.36. The molecule has 0 unspecified atom stereocenters.